The summed E-state index contributed by atoms with van der Waals surface area (Å²) in [5, 5.41) is 4.61. The summed E-state index contributed by atoms with van der Waals surface area (Å²) in [4.78, 5) is 15.1. The van der Waals surface area contributed by atoms with Crippen LogP contribution in [0.2, 0.25) is 0 Å². The van der Waals surface area contributed by atoms with Gasteiger partial charge in [0.25, 0.3) is 0 Å². The molecule has 0 bridgehead atoms. The Morgan fingerprint density at radius 1 is 1.15 bits per heavy atom. The van der Waals surface area contributed by atoms with Crippen LogP contribution >= 0.6 is 0 Å². The van der Waals surface area contributed by atoms with Gasteiger partial charge in [0, 0.05) is 38.3 Å². The van der Waals surface area contributed by atoms with Gasteiger partial charge in [-0.25, -0.2) is 18.7 Å². The lowest BCUT2D eigenvalue weighted by molar-refractivity contribution is 0.284. The lowest BCUT2D eigenvalue weighted by Gasteiger charge is -2.12. The molecule has 2 N–H and O–H groups in total. The summed E-state index contributed by atoms with van der Waals surface area (Å²) in [5.74, 6) is -0.907. The Morgan fingerprint density at radius 3 is 2.89 bits per heavy atom. The molecule has 0 saturated carbocycles. The van der Waals surface area contributed by atoms with E-state index in [-0.39, 0.29) is 16.9 Å². The van der Waals surface area contributed by atoms with Crippen molar-refractivity contribution in [2.75, 3.05) is 12.3 Å². The van der Waals surface area contributed by atoms with Gasteiger partial charge < -0.3 is 5.73 Å². The third-order valence-corrected chi connectivity index (χ3v) is 4.77. The summed E-state index contributed by atoms with van der Waals surface area (Å²) in [6.45, 7) is 2.35. The van der Waals surface area contributed by atoms with Crippen LogP contribution in [0.15, 0.2) is 30.5 Å². The average Bonchev–Trinajstić information content (AvgIpc) is 3.25. The molecule has 27 heavy (non-hydrogen) atoms. The molecule has 1 aromatic carbocycles. The second-order valence-corrected chi connectivity index (χ2v) is 6.59. The second-order valence-electron chi connectivity index (χ2n) is 6.59. The molecular formula is C18H15F2N7. The van der Waals surface area contributed by atoms with E-state index in [2.05, 4.69) is 31.0 Å². The lowest BCUT2D eigenvalue weighted by atomic mass is 10.2. The quantitative estimate of drug-likeness (QED) is 0.597. The van der Waals surface area contributed by atoms with E-state index in [9.17, 15) is 8.78 Å². The van der Waals surface area contributed by atoms with Crippen molar-refractivity contribution < 1.29 is 8.78 Å². The van der Waals surface area contributed by atoms with Crippen LogP contribution in [0.1, 0.15) is 17.1 Å². The molecule has 4 aromatic rings. The van der Waals surface area contributed by atoms with E-state index in [0.717, 1.165) is 31.4 Å². The molecule has 0 fully saturated rings. The van der Waals surface area contributed by atoms with Crippen molar-refractivity contribution in [1.82, 2.24) is 29.5 Å². The maximum atomic E-state index is 14.0. The van der Waals surface area contributed by atoms with Crippen LogP contribution in [-0.4, -0.2) is 36.0 Å². The minimum absolute atomic E-state index is 0.0126. The van der Waals surface area contributed by atoms with Crippen LogP contribution < -0.4 is 5.73 Å². The largest absolute Gasteiger partial charge is 0.368 e. The highest BCUT2D eigenvalue weighted by Gasteiger charge is 2.20. The van der Waals surface area contributed by atoms with Gasteiger partial charge in [-0.05, 0) is 17.7 Å². The first kappa shape index (κ1) is 16.0. The maximum absolute atomic E-state index is 14.0. The number of nitrogens with two attached hydrogens (primary N) is 1. The van der Waals surface area contributed by atoms with Gasteiger partial charge in [-0.3, -0.25) is 9.88 Å². The first-order valence-corrected chi connectivity index (χ1v) is 8.53. The monoisotopic (exact) mass is 367 g/mol. The highest BCUT2D eigenvalue weighted by atomic mass is 19.1. The number of hydrogen-bond acceptors (Lipinski definition) is 6. The Labute approximate surface area is 152 Å². The Hall–Kier alpha value is -3.20. The first-order valence-electron chi connectivity index (χ1n) is 8.53. The van der Waals surface area contributed by atoms with Gasteiger partial charge in [0.2, 0.25) is 5.95 Å². The van der Waals surface area contributed by atoms with Crippen molar-refractivity contribution in [3.8, 4) is 0 Å². The van der Waals surface area contributed by atoms with Crippen LogP contribution in [0, 0.1) is 11.6 Å². The molecule has 0 atom stereocenters. The van der Waals surface area contributed by atoms with Crippen LogP contribution in [-0.2, 0) is 19.5 Å². The molecule has 1 aliphatic rings. The topological polar surface area (TPSA) is 85.2 Å². The highest BCUT2D eigenvalue weighted by Crippen LogP contribution is 2.24. The number of hydrogen-bond donors (Lipinski definition) is 1. The summed E-state index contributed by atoms with van der Waals surface area (Å²) < 4.78 is 29.0. The number of anilines is 1. The minimum Gasteiger partial charge on any atom is -0.368 e. The van der Waals surface area contributed by atoms with Gasteiger partial charge >= 0.3 is 0 Å². The van der Waals surface area contributed by atoms with Gasteiger partial charge in [0.15, 0.2) is 17.3 Å². The van der Waals surface area contributed by atoms with Crippen molar-refractivity contribution in [3.05, 3.63) is 59.2 Å². The van der Waals surface area contributed by atoms with Crippen molar-refractivity contribution in [2.45, 2.75) is 19.5 Å². The predicted octanol–water partition coefficient (Wildman–Crippen LogP) is 2.09. The van der Waals surface area contributed by atoms with E-state index in [0.29, 0.717) is 17.9 Å². The van der Waals surface area contributed by atoms with E-state index in [1.54, 1.807) is 6.20 Å². The average molecular weight is 367 g/mol. The normalized spacial score (nSPS) is 14.3. The SMILES string of the molecule is Nc1nc2c(F)cc(F)cc2c2nc(CCN3Cc4cccnc4C3)nn12. The van der Waals surface area contributed by atoms with E-state index in [4.69, 9.17) is 5.73 Å². The Morgan fingerprint density at radius 2 is 2.04 bits per heavy atom. The van der Waals surface area contributed by atoms with E-state index >= 15 is 0 Å². The predicted molar refractivity (Wildman–Crippen MR) is 94.7 cm³/mol. The molecule has 7 nitrogen and oxygen atoms in total. The lowest BCUT2D eigenvalue weighted by Crippen LogP contribution is -2.20. The number of aromatic nitrogens is 5. The molecule has 136 valence electrons. The summed E-state index contributed by atoms with van der Waals surface area (Å²) in [6, 6.07) is 5.99. The Balaban J connectivity index is 1.45. The van der Waals surface area contributed by atoms with Gasteiger partial charge in [0.05, 0.1) is 11.1 Å². The maximum Gasteiger partial charge on any atom is 0.223 e. The molecule has 0 spiro atoms. The molecule has 3 aromatic heterocycles. The van der Waals surface area contributed by atoms with E-state index in [1.807, 2.05) is 6.07 Å². The van der Waals surface area contributed by atoms with Crippen molar-refractivity contribution in [2.24, 2.45) is 0 Å². The van der Waals surface area contributed by atoms with Crippen LogP contribution in [0.5, 0.6) is 0 Å². The van der Waals surface area contributed by atoms with E-state index < -0.39 is 11.6 Å². The second kappa shape index (κ2) is 5.92. The molecule has 0 amide bonds. The zero-order valence-electron chi connectivity index (χ0n) is 14.2. The van der Waals surface area contributed by atoms with Crippen LogP contribution in [0.4, 0.5) is 14.7 Å². The summed E-state index contributed by atoms with van der Waals surface area (Å²) >= 11 is 0. The molecule has 5 rings (SSSR count). The number of nitrogens with zero attached hydrogens (tertiary/aromatic N) is 6. The van der Waals surface area contributed by atoms with Crippen molar-refractivity contribution in [3.63, 3.8) is 0 Å². The number of nitrogen functional groups attached to an aromatic ring is 1. The third kappa shape index (κ3) is 2.67. The molecule has 4 heterocycles. The number of fused-ring (bicyclic) bond motifs is 4. The smallest absolute Gasteiger partial charge is 0.223 e. The Bertz CT molecular complexity index is 1160. The molecular weight excluding hydrogens is 352 g/mol. The summed E-state index contributed by atoms with van der Waals surface area (Å²) in [5.41, 5.74) is 8.50. The van der Waals surface area contributed by atoms with Gasteiger partial charge in [-0.15, -0.1) is 5.10 Å². The number of halogens is 2. The van der Waals surface area contributed by atoms with E-state index in [1.165, 1.54) is 16.1 Å². The standard InChI is InChI=1S/C18H15F2N7/c19-11-6-12-16(13(20)7-11)24-18(21)27-17(12)23-15(25-27)3-5-26-8-10-2-1-4-22-14(10)9-26/h1-2,4,6-7H,3,5,8-9H2,(H2,21,24). The summed E-state index contributed by atoms with van der Waals surface area (Å²) in [6.07, 6.45) is 2.37. The van der Waals surface area contributed by atoms with Crippen molar-refractivity contribution >= 4 is 22.5 Å². The van der Waals surface area contributed by atoms with Crippen molar-refractivity contribution in [1.29, 1.82) is 0 Å². The molecule has 0 radical (unpaired) electrons. The zero-order chi connectivity index (χ0) is 18.5. The fraction of sp³-hybridized carbons (Fsp3) is 0.222. The van der Waals surface area contributed by atoms with Crippen LogP contribution in [0.3, 0.4) is 0 Å². The molecule has 0 saturated heterocycles. The molecule has 0 aliphatic carbocycles. The number of benzene rings is 1. The number of rotatable bonds is 3. The molecule has 1 aliphatic heterocycles. The summed E-state index contributed by atoms with van der Waals surface area (Å²) in [7, 11) is 0. The zero-order valence-corrected chi connectivity index (χ0v) is 14.2. The number of pyridine rings is 1. The third-order valence-electron chi connectivity index (χ3n) is 4.77. The molecule has 9 heteroatoms. The van der Waals surface area contributed by atoms with Gasteiger partial charge in [-0.1, -0.05) is 6.07 Å². The van der Waals surface area contributed by atoms with Crippen LogP contribution in [0.25, 0.3) is 16.6 Å². The Kier molecular flexibility index (Phi) is 3.51. The molecule has 0 unspecified atom stereocenters. The first-order chi connectivity index (χ1) is 13.1. The fourth-order valence-corrected chi connectivity index (χ4v) is 3.49. The van der Waals surface area contributed by atoms with Gasteiger partial charge in [-0.2, -0.15) is 4.52 Å². The van der Waals surface area contributed by atoms with Gasteiger partial charge in [0.1, 0.15) is 11.3 Å². The minimum atomic E-state index is -0.772. The fourth-order valence-electron chi connectivity index (χ4n) is 3.49. The highest BCUT2D eigenvalue weighted by molar-refractivity contribution is 5.92.